The fraction of sp³-hybridized carbons (Fsp3) is 0.875. The van der Waals surface area contributed by atoms with Crippen LogP contribution in [-0.2, 0) is 14.8 Å². The van der Waals surface area contributed by atoms with Crippen molar-refractivity contribution in [3.05, 3.63) is 0 Å². The second-order valence-corrected chi connectivity index (χ2v) is 5.48. The Morgan fingerprint density at radius 1 is 1.43 bits per heavy atom. The van der Waals surface area contributed by atoms with Gasteiger partial charge in [0.2, 0.25) is 10.0 Å². The number of sulfonamides is 1. The lowest BCUT2D eigenvalue weighted by Crippen LogP contribution is -2.29. The van der Waals surface area contributed by atoms with Crippen molar-refractivity contribution in [1.29, 1.82) is 0 Å². The van der Waals surface area contributed by atoms with Gasteiger partial charge < -0.3 is 5.11 Å². The van der Waals surface area contributed by atoms with Crippen molar-refractivity contribution < 1.29 is 18.3 Å². The van der Waals surface area contributed by atoms with Gasteiger partial charge in [0.25, 0.3) is 0 Å². The Hall–Kier alpha value is -0.620. The highest BCUT2D eigenvalue weighted by molar-refractivity contribution is 7.89. The molecule has 0 aliphatic carbocycles. The summed E-state index contributed by atoms with van der Waals surface area (Å²) in [7, 11) is -3.29. The SMILES string of the molecule is CC(C)CNS(=O)(=O)CCCC(=O)O. The van der Waals surface area contributed by atoms with E-state index in [1.54, 1.807) is 0 Å². The summed E-state index contributed by atoms with van der Waals surface area (Å²) in [6.07, 6.45) is 0.0470. The summed E-state index contributed by atoms with van der Waals surface area (Å²) in [5.41, 5.74) is 0. The van der Waals surface area contributed by atoms with E-state index in [9.17, 15) is 13.2 Å². The van der Waals surface area contributed by atoms with Crippen molar-refractivity contribution in [3.8, 4) is 0 Å². The number of hydrogen-bond acceptors (Lipinski definition) is 3. The van der Waals surface area contributed by atoms with Crippen molar-refractivity contribution in [2.45, 2.75) is 26.7 Å². The third-order valence-corrected chi connectivity index (χ3v) is 2.95. The number of nitrogens with one attached hydrogen (secondary N) is 1. The van der Waals surface area contributed by atoms with Gasteiger partial charge >= 0.3 is 5.97 Å². The van der Waals surface area contributed by atoms with Gasteiger partial charge in [0.1, 0.15) is 0 Å². The van der Waals surface area contributed by atoms with Crippen LogP contribution in [0.3, 0.4) is 0 Å². The molecule has 6 heteroatoms. The summed E-state index contributed by atoms with van der Waals surface area (Å²) in [6, 6.07) is 0. The Morgan fingerprint density at radius 2 is 2.00 bits per heavy atom. The van der Waals surface area contributed by atoms with Crippen molar-refractivity contribution in [2.24, 2.45) is 5.92 Å². The molecule has 2 N–H and O–H groups in total. The average Bonchev–Trinajstić information content (AvgIpc) is 2.00. The van der Waals surface area contributed by atoms with Crippen LogP contribution in [-0.4, -0.2) is 31.8 Å². The maximum absolute atomic E-state index is 11.2. The Balaban J connectivity index is 3.79. The molecule has 0 aliphatic rings. The minimum absolute atomic E-state index is 0.109. The second-order valence-electron chi connectivity index (χ2n) is 3.56. The molecule has 0 unspecified atom stereocenters. The molecule has 84 valence electrons. The standard InChI is InChI=1S/C8H17NO4S/c1-7(2)6-9-14(12,13)5-3-4-8(10)11/h7,9H,3-6H2,1-2H3,(H,10,11). The van der Waals surface area contributed by atoms with Gasteiger partial charge in [-0.25, -0.2) is 13.1 Å². The van der Waals surface area contributed by atoms with Crippen LogP contribution < -0.4 is 4.72 Å². The van der Waals surface area contributed by atoms with E-state index in [0.717, 1.165) is 0 Å². The zero-order valence-corrected chi connectivity index (χ0v) is 9.30. The summed E-state index contributed by atoms with van der Waals surface area (Å²) < 4.78 is 24.8. The Labute approximate surface area is 84.6 Å². The van der Waals surface area contributed by atoms with E-state index in [4.69, 9.17) is 5.11 Å². The lowest BCUT2D eigenvalue weighted by atomic mass is 10.2. The molecule has 0 amide bonds. The molecule has 0 rings (SSSR count). The van der Waals surface area contributed by atoms with E-state index in [-0.39, 0.29) is 24.5 Å². The van der Waals surface area contributed by atoms with Gasteiger partial charge in [-0.1, -0.05) is 13.8 Å². The third kappa shape index (κ3) is 8.00. The van der Waals surface area contributed by atoms with Crippen LogP contribution in [0.15, 0.2) is 0 Å². The lowest BCUT2D eigenvalue weighted by Gasteiger charge is -2.07. The van der Waals surface area contributed by atoms with Crippen LogP contribution in [0.2, 0.25) is 0 Å². The van der Waals surface area contributed by atoms with Crippen LogP contribution in [0.25, 0.3) is 0 Å². The van der Waals surface area contributed by atoms with Gasteiger partial charge in [-0.05, 0) is 12.3 Å². The van der Waals surface area contributed by atoms with Gasteiger partial charge in [0.05, 0.1) is 5.75 Å². The molecule has 0 aromatic rings. The molecule has 0 atom stereocenters. The smallest absolute Gasteiger partial charge is 0.303 e. The van der Waals surface area contributed by atoms with Crippen LogP contribution in [0.5, 0.6) is 0 Å². The molecule has 0 aromatic heterocycles. The van der Waals surface area contributed by atoms with Crippen LogP contribution >= 0.6 is 0 Å². The molecule has 14 heavy (non-hydrogen) atoms. The van der Waals surface area contributed by atoms with Crippen molar-refractivity contribution in [2.75, 3.05) is 12.3 Å². The lowest BCUT2D eigenvalue weighted by molar-refractivity contribution is -0.137. The van der Waals surface area contributed by atoms with E-state index in [1.165, 1.54) is 0 Å². The largest absolute Gasteiger partial charge is 0.481 e. The van der Waals surface area contributed by atoms with E-state index in [0.29, 0.717) is 6.54 Å². The predicted molar refractivity (Wildman–Crippen MR) is 53.5 cm³/mol. The van der Waals surface area contributed by atoms with E-state index in [1.807, 2.05) is 13.8 Å². The van der Waals surface area contributed by atoms with E-state index < -0.39 is 16.0 Å². The third-order valence-electron chi connectivity index (χ3n) is 1.52. The zero-order valence-electron chi connectivity index (χ0n) is 8.49. The maximum Gasteiger partial charge on any atom is 0.303 e. The molecule has 0 spiro atoms. The van der Waals surface area contributed by atoms with Crippen molar-refractivity contribution in [3.63, 3.8) is 0 Å². The first-order valence-corrected chi connectivity index (χ1v) is 6.18. The summed E-state index contributed by atoms with van der Waals surface area (Å²) in [5.74, 6) is -0.834. The zero-order chi connectivity index (χ0) is 11.2. The maximum atomic E-state index is 11.2. The van der Waals surface area contributed by atoms with Crippen molar-refractivity contribution in [1.82, 2.24) is 4.72 Å². The Bertz CT molecular complexity index is 271. The molecule has 0 aliphatic heterocycles. The first-order valence-electron chi connectivity index (χ1n) is 4.52. The minimum atomic E-state index is -3.29. The first kappa shape index (κ1) is 13.4. The number of carbonyl (C=O) groups is 1. The number of rotatable bonds is 7. The minimum Gasteiger partial charge on any atom is -0.481 e. The van der Waals surface area contributed by atoms with Crippen molar-refractivity contribution >= 4 is 16.0 Å². The highest BCUT2D eigenvalue weighted by Gasteiger charge is 2.10. The summed E-state index contributed by atoms with van der Waals surface area (Å²) in [4.78, 5) is 10.1. The fourth-order valence-electron chi connectivity index (χ4n) is 0.779. The molecule has 0 aromatic carbocycles. The van der Waals surface area contributed by atoms with E-state index in [2.05, 4.69) is 4.72 Å². The topological polar surface area (TPSA) is 83.5 Å². The summed E-state index contributed by atoms with van der Waals surface area (Å²) in [6.45, 7) is 4.20. The van der Waals surface area contributed by atoms with E-state index >= 15 is 0 Å². The number of aliphatic carboxylic acids is 1. The molecule has 0 radical (unpaired) electrons. The molecule has 0 heterocycles. The summed E-state index contributed by atoms with van der Waals surface area (Å²) >= 11 is 0. The number of hydrogen-bond donors (Lipinski definition) is 2. The number of carboxylic acids is 1. The fourth-order valence-corrected chi connectivity index (χ4v) is 2.04. The summed E-state index contributed by atoms with van der Waals surface area (Å²) in [5, 5.41) is 8.31. The van der Waals surface area contributed by atoms with Gasteiger partial charge in [0.15, 0.2) is 0 Å². The first-order chi connectivity index (χ1) is 6.33. The van der Waals surface area contributed by atoms with Gasteiger partial charge in [0, 0.05) is 13.0 Å². The molecule has 0 fully saturated rings. The second kappa shape index (κ2) is 5.98. The van der Waals surface area contributed by atoms with Crippen LogP contribution in [0.4, 0.5) is 0 Å². The van der Waals surface area contributed by atoms with Crippen LogP contribution in [0, 0.1) is 5.92 Å². The quantitative estimate of drug-likeness (QED) is 0.655. The Morgan fingerprint density at radius 3 is 2.43 bits per heavy atom. The van der Waals surface area contributed by atoms with Gasteiger partial charge in [-0.2, -0.15) is 0 Å². The predicted octanol–water partition coefficient (Wildman–Crippen LogP) is 0.427. The Kier molecular flexibility index (Phi) is 5.71. The molecule has 5 nitrogen and oxygen atoms in total. The highest BCUT2D eigenvalue weighted by atomic mass is 32.2. The molecular formula is C8H17NO4S. The average molecular weight is 223 g/mol. The molecule has 0 bridgehead atoms. The highest BCUT2D eigenvalue weighted by Crippen LogP contribution is 1.96. The monoisotopic (exact) mass is 223 g/mol. The van der Waals surface area contributed by atoms with Gasteiger partial charge in [-0.3, -0.25) is 4.79 Å². The number of carboxylic acid groups (broad SMARTS) is 1. The van der Waals surface area contributed by atoms with Crippen LogP contribution in [0.1, 0.15) is 26.7 Å². The van der Waals surface area contributed by atoms with Gasteiger partial charge in [-0.15, -0.1) is 0 Å². The molecule has 0 saturated heterocycles. The normalized spacial score (nSPS) is 11.9. The molecule has 0 saturated carbocycles. The molecular weight excluding hydrogens is 206 g/mol.